The summed E-state index contributed by atoms with van der Waals surface area (Å²) in [5.41, 5.74) is 1.41. The van der Waals surface area contributed by atoms with Gasteiger partial charge < -0.3 is 14.8 Å². The molecular weight excluding hydrogens is 274 g/mol. The topological polar surface area (TPSA) is 30.5 Å². The molecule has 0 saturated carbocycles. The smallest absolute Gasteiger partial charge is 0.137 e. The molecule has 0 radical (unpaired) electrons. The molecule has 2 fully saturated rings. The van der Waals surface area contributed by atoms with Crippen LogP contribution >= 0.6 is 11.6 Å². The molecule has 20 heavy (non-hydrogen) atoms. The Hall–Kier alpha value is -0.770. The highest BCUT2D eigenvalue weighted by Gasteiger charge is 2.34. The number of hydrogen-bond acceptors (Lipinski definition) is 3. The Morgan fingerprint density at radius 3 is 2.85 bits per heavy atom. The minimum Gasteiger partial charge on any atom is -0.491 e. The summed E-state index contributed by atoms with van der Waals surface area (Å²) in [5.74, 6) is 0.777. The Kier molecular flexibility index (Phi) is 4.20. The van der Waals surface area contributed by atoms with Crippen molar-refractivity contribution in [1.82, 2.24) is 5.32 Å². The van der Waals surface area contributed by atoms with Crippen molar-refractivity contribution >= 4 is 11.6 Å². The van der Waals surface area contributed by atoms with E-state index in [0.717, 1.165) is 25.5 Å². The molecule has 1 aromatic carbocycles. The maximum Gasteiger partial charge on any atom is 0.137 e. The van der Waals surface area contributed by atoms with E-state index in [1.165, 1.54) is 24.8 Å². The SMILES string of the molecule is CC1(COc2ccc(C3CCCCN3)cc2Cl)COC1. The molecule has 0 aliphatic carbocycles. The summed E-state index contributed by atoms with van der Waals surface area (Å²) in [5, 5.41) is 4.25. The molecule has 0 spiro atoms. The van der Waals surface area contributed by atoms with Crippen LogP contribution in [0.3, 0.4) is 0 Å². The Bertz CT molecular complexity index is 468. The number of ether oxygens (including phenoxy) is 2. The molecule has 1 aromatic rings. The monoisotopic (exact) mass is 295 g/mol. The van der Waals surface area contributed by atoms with Crippen LogP contribution in [0.2, 0.25) is 5.02 Å². The molecule has 0 aromatic heterocycles. The van der Waals surface area contributed by atoms with Crippen molar-refractivity contribution < 1.29 is 9.47 Å². The van der Waals surface area contributed by atoms with Gasteiger partial charge in [-0.15, -0.1) is 0 Å². The van der Waals surface area contributed by atoms with Crippen LogP contribution < -0.4 is 10.1 Å². The van der Waals surface area contributed by atoms with Crippen molar-refractivity contribution in [3.63, 3.8) is 0 Å². The fourth-order valence-corrected chi connectivity index (χ4v) is 3.02. The van der Waals surface area contributed by atoms with Crippen LogP contribution in [0.1, 0.15) is 37.8 Å². The van der Waals surface area contributed by atoms with Crippen LogP contribution in [0.4, 0.5) is 0 Å². The molecule has 1 unspecified atom stereocenters. The first kappa shape index (κ1) is 14.2. The third kappa shape index (κ3) is 3.11. The third-order valence-corrected chi connectivity index (χ3v) is 4.44. The zero-order valence-corrected chi connectivity index (χ0v) is 12.7. The summed E-state index contributed by atoms with van der Waals surface area (Å²) in [7, 11) is 0. The van der Waals surface area contributed by atoms with E-state index in [0.29, 0.717) is 17.7 Å². The number of benzene rings is 1. The molecule has 4 heteroatoms. The maximum atomic E-state index is 6.35. The second-order valence-corrected chi connectivity index (χ2v) is 6.69. The van der Waals surface area contributed by atoms with Gasteiger partial charge in [0.25, 0.3) is 0 Å². The Morgan fingerprint density at radius 1 is 1.40 bits per heavy atom. The summed E-state index contributed by atoms with van der Waals surface area (Å²) in [6, 6.07) is 6.60. The van der Waals surface area contributed by atoms with Crippen molar-refractivity contribution in [3.8, 4) is 5.75 Å². The quantitative estimate of drug-likeness (QED) is 0.921. The molecule has 2 aliphatic rings. The predicted molar refractivity (Wildman–Crippen MR) is 80.5 cm³/mol. The molecule has 2 aliphatic heterocycles. The largest absolute Gasteiger partial charge is 0.491 e. The normalized spacial score (nSPS) is 25.0. The van der Waals surface area contributed by atoms with Crippen LogP contribution in [-0.4, -0.2) is 26.4 Å². The van der Waals surface area contributed by atoms with E-state index in [1.54, 1.807) is 0 Å². The second kappa shape index (κ2) is 5.92. The van der Waals surface area contributed by atoms with Gasteiger partial charge in [-0.1, -0.05) is 31.0 Å². The number of piperidine rings is 1. The molecule has 0 bridgehead atoms. The lowest BCUT2D eigenvalue weighted by Crippen LogP contribution is -2.44. The predicted octanol–water partition coefficient (Wildman–Crippen LogP) is 3.57. The average molecular weight is 296 g/mol. The van der Waals surface area contributed by atoms with Gasteiger partial charge in [-0.3, -0.25) is 0 Å². The van der Waals surface area contributed by atoms with Crippen LogP contribution in [0.15, 0.2) is 18.2 Å². The fourth-order valence-electron chi connectivity index (χ4n) is 2.77. The van der Waals surface area contributed by atoms with E-state index in [1.807, 2.05) is 12.1 Å². The molecule has 110 valence electrons. The highest BCUT2D eigenvalue weighted by Crippen LogP contribution is 2.33. The van der Waals surface area contributed by atoms with Gasteiger partial charge in [0, 0.05) is 11.5 Å². The lowest BCUT2D eigenvalue weighted by Gasteiger charge is -2.37. The van der Waals surface area contributed by atoms with E-state index in [4.69, 9.17) is 21.1 Å². The van der Waals surface area contributed by atoms with E-state index in [2.05, 4.69) is 18.3 Å². The van der Waals surface area contributed by atoms with Crippen molar-refractivity contribution in [2.45, 2.75) is 32.2 Å². The van der Waals surface area contributed by atoms with Gasteiger partial charge in [0.2, 0.25) is 0 Å². The van der Waals surface area contributed by atoms with Crippen molar-refractivity contribution in [2.75, 3.05) is 26.4 Å². The van der Waals surface area contributed by atoms with E-state index < -0.39 is 0 Å². The minimum absolute atomic E-state index is 0.146. The average Bonchev–Trinajstić information content (AvgIpc) is 2.45. The molecular formula is C16H22ClNO2. The number of rotatable bonds is 4. The number of nitrogens with one attached hydrogen (secondary N) is 1. The zero-order chi connectivity index (χ0) is 14.0. The standard InChI is InChI=1S/C16H22ClNO2/c1-16(9-19-10-16)11-20-15-6-5-12(8-13(15)17)14-4-2-3-7-18-14/h5-6,8,14,18H,2-4,7,9-11H2,1H3. The first-order valence-electron chi connectivity index (χ1n) is 7.40. The number of halogens is 1. The minimum atomic E-state index is 0.146. The van der Waals surface area contributed by atoms with Crippen LogP contribution in [0.25, 0.3) is 0 Å². The van der Waals surface area contributed by atoms with Crippen molar-refractivity contribution in [3.05, 3.63) is 28.8 Å². The summed E-state index contributed by atoms with van der Waals surface area (Å²) in [6.07, 6.45) is 3.74. The lowest BCUT2D eigenvalue weighted by molar-refractivity contribution is -0.120. The van der Waals surface area contributed by atoms with E-state index >= 15 is 0 Å². The van der Waals surface area contributed by atoms with Crippen LogP contribution in [-0.2, 0) is 4.74 Å². The number of hydrogen-bond donors (Lipinski definition) is 1. The molecule has 2 saturated heterocycles. The van der Waals surface area contributed by atoms with E-state index in [-0.39, 0.29) is 5.41 Å². The summed E-state index contributed by atoms with van der Waals surface area (Å²) < 4.78 is 11.1. The Morgan fingerprint density at radius 2 is 2.25 bits per heavy atom. The van der Waals surface area contributed by atoms with Crippen LogP contribution in [0, 0.1) is 5.41 Å². The summed E-state index contributed by atoms with van der Waals surface area (Å²) in [4.78, 5) is 0. The molecule has 2 heterocycles. The maximum absolute atomic E-state index is 6.35. The first-order valence-corrected chi connectivity index (χ1v) is 7.77. The first-order chi connectivity index (χ1) is 9.66. The molecule has 0 amide bonds. The lowest BCUT2D eigenvalue weighted by atomic mass is 9.90. The third-order valence-electron chi connectivity index (χ3n) is 4.15. The van der Waals surface area contributed by atoms with E-state index in [9.17, 15) is 0 Å². The fraction of sp³-hybridized carbons (Fsp3) is 0.625. The van der Waals surface area contributed by atoms with Gasteiger partial charge in [0.1, 0.15) is 5.75 Å². The zero-order valence-electron chi connectivity index (χ0n) is 12.0. The summed E-state index contributed by atoms with van der Waals surface area (Å²) >= 11 is 6.35. The highest BCUT2D eigenvalue weighted by molar-refractivity contribution is 6.32. The van der Waals surface area contributed by atoms with Gasteiger partial charge in [-0.25, -0.2) is 0 Å². The molecule has 3 rings (SSSR count). The van der Waals surface area contributed by atoms with Gasteiger partial charge in [0.15, 0.2) is 0 Å². The van der Waals surface area contributed by atoms with Crippen LogP contribution in [0.5, 0.6) is 5.75 Å². The molecule has 1 N–H and O–H groups in total. The Balaban J connectivity index is 1.64. The summed E-state index contributed by atoms with van der Waals surface area (Å²) in [6.45, 7) is 5.47. The van der Waals surface area contributed by atoms with Gasteiger partial charge in [-0.05, 0) is 37.1 Å². The van der Waals surface area contributed by atoms with Crippen molar-refractivity contribution in [1.29, 1.82) is 0 Å². The van der Waals surface area contributed by atoms with Crippen molar-refractivity contribution in [2.24, 2.45) is 5.41 Å². The molecule has 3 nitrogen and oxygen atoms in total. The molecule has 1 atom stereocenters. The second-order valence-electron chi connectivity index (χ2n) is 6.28. The highest BCUT2D eigenvalue weighted by atomic mass is 35.5. The van der Waals surface area contributed by atoms with Gasteiger partial charge >= 0.3 is 0 Å². The van der Waals surface area contributed by atoms with Gasteiger partial charge in [0.05, 0.1) is 24.8 Å². The Labute approximate surface area is 125 Å². The van der Waals surface area contributed by atoms with Gasteiger partial charge in [-0.2, -0.15) is 0 Å².